The normalized spacial score (nSPS) is 8.36. The third-order valence-corrected chi connectivity index (χ3v) is 1.51. The van der Waals surface area contributed by atoms with Crippen LogP contribution in [0.3, 0.4) is 0 Å². The molecule has 0 aliphatic heterocycles. The molecule has 0 amide bonds. The van der Waals surface area contributed by atoms with E-state index in [1.165, 1.54) is 12.5 Å². The van der Waals surface area contributed by atoms with Gasteiger partial charge in [-0.15, -0.1) is 0 Å². The first-order valence-electron chi connectivity index (χ1n) is 3.02. The Morgan fingerprint density at radius 3 is 2.27 bits per heavy atom. The zero-order valence-electron chi connectivity index (χ0n) is 5.81. The van der Waals surface area contributed by atoms with E-state index in [0.717, 1.165) is 0 Å². The van der Waals surface area contributed by atoms with E-state index in [0.29, 0.717) is 0 Å². The number of thiophene rings is 1. The molecule has 0 fully saturated rings. The van der Waals surface area contributed by atoms with Crippen LogP contribution in [-0.2, 0) is 0 Å². The molecule has 0 aliphatic rings. The maximum Gasteiger partial charge on any atom is 0.291 e. The van der Waals surface area contributed by atoms with Gasteiger partial charge in [-0.3, -0.25) is 0 Å². The van der Waals surface area contributed by atoms with E-state index in [-0.39, 0.29) is 6.01 Å². The van der Waals surface area contributed by atoms with Gasteiger partial charge in [0.1, 0.15) is 6.26 Å². The number of nitrogens with two attached hydrogens (primary N) is 1. The Balaban J connectivity index is 0.000000112. The van der Waals surface area contributed by atoms with Gasteiger partial charge in [0.25, 0.3) is 6.01 Å². The van der Waals surface area contributed by atoms with E-state index in [2.05, 4.69) is 9.40 Å². The highest BCUT2D eigenvalue weighted by Crippen LogP contribution is 1.91. The summed E-state index contributed by atoms with van der Waals surface area (Å²) in [5.74, 6) is 0. The quantitative estimate of drug-likeness (QED) is 0.654. The van der Waals surface area contributed by atoms with Crippen LogP contribution >= 0.6 is 11.3 Å². The minimum Gasteiger partial charge on any atom is -0.432 e. The molecule has 2 rings (SSSR count). The molecule has 0 bridgehead atoms. The highest BCUT2D eigenvalue weighted by molar-refractivity contribution is 7.07. The third-order valence-electron chi connectivity index (χ3n) is 0.877. The third kappa shape index (κ3) is 3.42. The topological polar surface area (TPSA) is 52.0 Å². The molecule has 0 aliphatic carbocycles. The van der Waals surface area contributed by atoms with Gasteiger partial charge in [-0.2, -0.15) is 11.3 Å². The molecule has 2 N–H and O–H groups in total. The van der Waals surface area contributed by atoms with Gasteiger partial charge in [0.15, 0.2) is 0 Å². The molecule has 58 valence electrons. The second-order valence-corrected chi connectivity index (χ2v) is 2.48. The fraction of sp³-hybridized carbons (Fsp3) is 0. The van der Waals surface area contributed by atoms with E-state index in [1.54, 1.807) is 11.3 Å². The number of rotatable bonds is 0. The summed E-state index contributed by atoms with van der Waals surface area (Å²) in [6.45, 7) is 0. The number of anilines is 1. The van der Waals surface area contributed by atoms with Gasteiger partial charge in [-0.1, -0.05) is 12.1 Å². The summed E-state index contributed by atoms with van der Waals surface area (Å²) in [7, 11) is 0. The summed E-state index contributed by atoms with van der Waals surface area (Å²) in [4.78, 5) is 3.53. The summed E-state index contributed by atoms with van der Waals surface area (Å²) >= 11 is 1.71. The van der Waals surface area contributed by atoms with Crippen LogP contribution in [0.5, 0.6) is 0 Å². The van der Waals surface area contributed by atoms with Crippen LogP contribution in [0.2, 0.25) is 0 Å². The van der Waals surface area contributed by atoms with E-state index >= 15 is 0 Å². The number of oxazole rings is 1. The SMILES string of the molecule is Nc1ncco1.c1ccsc1. The molecule has 2 aromatic heterocycles. The molecule has 0 spiro atoms. The number of nitrogens with zero attached hydrogens (tertiary/aromatic N) is 1. The molecule has 0 aromatic carbocycles. The molecule has 0 atom stereocenters. The Morgan fingerprint density at radius 1 is 1.36 bits per heavy atom. The zero-order valence-corrected chi connectivity index (χ0v) is 6.62. The molecule has 3 nitrogen and oxygen atoms in total. The van der Waals surface area contributed by atoms with Crippen molar-refractivity contribution in [3.05, 3.63) is 35.4 Å². The molecule has 4 heteroatoms. The first kappa shape index (κ1) is 7.81. The number of hydrogen-bond donors (Lipinski definition) is 1. The van der Waals surface area contributed by atoms with Crippen molar-refractivity contribution in [2.45, 2.75) is 0 Å². The smallest absolute Gasteiger partial charge is 0.291 e. The molecule has 2 aromatic rings. The molecule has 0 unspecified atom stereocenters. The highest BCUT2D eigenvalue weighted by atomic mass is 32.1. The van der Waals surface area contributed by atoms with Gasteiger partial charge in [0.05, 0.1) is 6.20 Å². The van der Waals surface area contributed by atoms with Crippen LogP contribution in [-0.4, -0.2) is 4.98 Å². The van der Waals surface area contributed by atoms with Crippen molar-refractivity contribution in [2.75, 3.05) is 5.73 Å². The van der Waals surface area contributed by atoms with Gasteiger partial charge in [-0.05, 0) is 10.8 Å². The average molecular weight is 168 g/mol. The maximum absolute atomic E-state index is 5.00. The molecular weight excluding hydrogens is 160 g/mol. The van der Waals surface area contributed by atoms with Crippen molar-refractivity contribution in [2.24, 2.45) is 0 Å². The van der Waals surface area contributed by atoms with Crippen molar-refractivity contribution < 1.29 is 4.42 Å². The second-order valence-electron chi connectivity index (χ2n) is 1.66. The largest absolute Gasteiger partial charge is 0.432 e. The standard InChI is InChI=1S/C4H4S.C3H4N2O/c1-2-4-5-3-1;4-3-5-1-2-6-3/h1-4H;1-2H,(H2,4,5). The summed E-state index contributed by atoms with van der Waals surface area (Å²) in [5, 5.41) is 4.08. The van der Waals surface area contributed by atoms with Crippen LogP contribution in [0.25, 0.3) is 0 Å². The van der Waals surface area contributed by atoms with E-state index < -0.39 is 0 Å². The fourth-order valence-corrected chi connectivity index (χ4v) is 0.915. The van der Waals surface area contributed by atoms with Crippen LogP contribution < -0.4 is 5.73 Å². The number of aromatic nitrogens is 1. The first-order chi connectivity index (χ1) is 5.39. The Labute approximate surface area is 68.5 Å². The van der Waals surface area contributed by atoms with Gasteiger partial charge in [0, 0.05) is 0 Å². The Bertz CT molecular complexity index is 235. The van der Waals surface area contributed by atoms with Gasteiger partial charge < -0.3 is 10.2 Å². The van der Waals surface area contributed by atoms with E-state index in [9.17, 15) is 0 Å². The first-order valence-corrected chi connectivity index (χ1v) is 3.96. The Kier molecular flexibility index (Phi) is 3.21. The minimum atomic E-state index is 0.218. The molecule has 0 radical (unpaired) electrons. The van der Waals surface area contributed by atoms with Gasteiger partial charge in [0.2, 0.25) is 0 Å². The molecule has 0 saturated heterocycles. The number of nitrogen functional groups attached to an aromatic ring is 1. The lowest BCUT2D eigenvalue weighted by molar-refractivity contribution is 0.580. The maximum atomic E-state index is 5.00. The lowest BCUT2D eigenvalue weighted by atomic mass is 10.7. The van der Waals surface area contributed by atoms with Gasteiger partial charge >= 0.3 is 0 Å². The van der Waals surface area contributed by atoms with Crippen LogP contribution in [0.1, 0.15) is 0 Å². The predicted molar refractivity (Wildman–Crippen MR) is 45.2 cm³/mol. The Hall–Kier alpha value is -1.29. The summed E-state index contributed by atoms with van der Waals surface area (Å²) in [6.07, 6.45) is 2.92. The average Bonchev–Trinajstić information content (AvgIpc) is 2.57. The fourth-order valence-electron chi connectivity index (χ4n) is 0.461. The molecule has 0 saturated carbocycles. The summed E-state index contributed by atoms with van der Waals surface area (Å²) in [5.41, 5.74) is 5.00. The Morgan fingerprint density at radius 2 is 2.09 bits per heavy atom. The van der Waals surface area contributed by atoms with Crippen LogP contribution in [0.4, 0.5) is 6.01 Å². The molecular formula is C7H8N2OS. The van der Waals surface area contributed by atoms with Crippen molar-refractivity contribution >= 4 is 17.4 Å². The van der Waals surface area contributed by atoms with Crippen molar-refractivity contribution in [3.8, 4) is 0 Å². The van der Waals surface area contributed by atoms with Crippen molar-refractivity contribution in [1.82, 2.24) is 4.98 Å². The van der Waals surface area contributed by atoms with Crippen LogP contribution in [0, 0.1) is 0 Å². The summed E-state index contributed by atoms with van der Waals surface area (Å²) < 4.78 is 4.50. The lowest BCUT2D eigenvalue weighted by Gasteiger charge is -1.68. The monoisotopic (exact) mass is 168 g/mol. The zero-order chi connectivity index (χ0) is 7.94. The van der Waals surface area contributed by atoms with Crippen molar-refractivity contribution in [3.63, 3.8) is 0 Å². The van der Waals surface area contributed by atoms with E-state index in [1.807, 2.05) is 22.9 Å². The van der Waals surface area contributed by atoms with E-state index in [4.69, 9.17) is 5.73 Å². The number of hydrogen-bond acceptors (Lipinski definition) is 4. The van der Waals surface area contributed by atoms with Gasteiger partial charge in [-0.25, -0.2) is 4.98 Å². The summed E-state index contributed by atoms with van der Waals surface area (Å²) in [6, 6.07) is 4.25. The minimum absolute atomic E-state index is 0.218. The lowest BCUT2D eigenvalue weighted by Crippen LogP contribution is -1.79. The molecule has 2 heterocycles. The highest BCUT2D eigenvalue weighted by Gasteiger charge is 1.78. The van der Waals surface area contributed by atoms with Crippen LogP contribution in [0.15, 0.2) is 39.8 Å². The van der Waals surface area contributed by atoms with Crippen molar-refractivity contribution in [1.29, 1.82) is 0 Å². The molecule has 11 heavy (non-hydrogen) atoms. The predicted octanol–water partition coefficient (Wildman–Crippen LogP) is 2.00. The second kappa shape index (κ2) is 4.51.